The highest BCUT2D eigenvalue weighted by Crippen LogP contribution is 2.17. The zero-order valence-electron chi connectivity index (χ0n) is 9.08. The summed E-state index contributed by atoms with van der Waals surface area (Å²) in [6.45, 7) is 0.343. The van der Waals surface area contributed by atoms with Crippen LogP contribution in [0, 0.1) is 0 Å². The first-order valence-corrected chi connectivity index (χ1v) is 5.58. The molecule has 0 unspecified atom stereocenters. The number of methoxy groups -OCH3 is 1. The van der Waals surface area contributed by atoms with E-state index >= 15 is 0 Å². The van der Waals surface area contributed by atoms with Gasteiger partial charge in [-0.15, -0.1) is 5.10 Å². The second-order valence-corrected chi connectivity index (χ2v) is 4.26. The molecule has 17 heavy (non-hydrogen) atoms. The Hall–Kier alpha value is -1.93. The van der Waals surface area contributed by atoms with Crippen molar-refractivity contribution < 1.29 is 4.74 Å². The molecule has 0 saturated heterocycles. The van der Waals surface area contributed by atoms with Gasteiger partial charge in [0.15, 0.2) is 5.13 Å². The Kier molecular flexibility index (Phi) is 3.35. The second-order valence-electron chi connectivity index (χ2n) is 3.15. The minimum Gasteiger partial charge on any atom is -0.480 e. The first-order chi connectivity index (χ1) is 8.22. The first kappa shape index (κ1) is 11.6. The predicted octanol–water partition coefficient (Wildman–Crippen LogP) is 0.0423. The molecule has 2 aromatic heterocycles. The fourth-order valence-corrected chi connectivity index (χ4v) is 1.95. The van der Waals surface area contributed by atoms with E-state index in [9.17, 15) is 4.79 Å². The lowest BCUT2D eigenvalue weighted by Gasteiger charge is -2.03. The minimum absolute atomic E-state index is 0.193. The van der Waals surface area contributed by atoms with E-state index in [2.05, 4.69) is 15.5 Å². The van der Waals surface area contributed by atoms with Gasteiger partial charge < -0.3 is 4.74 Å². The third kappa shape index (κ3) is 2.60. The summed E-state index contributed by atoms with van der Waals surface area (Å²) in [5, 5.41) is 4.62. The molecule has 7 nitrogen and oxygen atoms in total. The zero-order valence-corrected chi connectivity index (χ0v) is 9.90. The Bertz CT molecular complexity index is 565. The fourth-order valence-electron chi connectivity index (χ4n) is 1.25. The van der Waals surface area contributed by atoms with E-state index in [4.69, 9.17) is 10.6 Å². The minimum atomic E-state index is -0.193. The Morgan fingerprint density at radius 3 is 3.06 bits per heavy atom. The molecule has 2 rings (SSSR count). The maximum Gasteiger partial charge on any atom is 0.267 e. The molecule has 0 amide bonds. The van der Waals surface area contributed by atoms with Crippen molar-refractivity contribution >= 4 is 16.5 Å². The third-order valence-corrected chi connectivity index (χ3v) is 2.95. The van der Waals surface area contributed by atoms with Crippen LogP contribution in [0.4, 0.5) is 5.13 Å². The van der Waals surface area contributed by atoms with Crippen molar-refractivity contribution in [2.45, 2.75) is 6.54 Å². The molecule has 0 radical (unpaired) electrons. The molecule has 3 N–H and O–H groups in total. The molecule has 2 heterocycles. The van der Waals surface area contributed by atoms with Crippen LogP contribution in [-0.4, -0.2) is 21.9 Å². The molecule has 0 aromatic carbocycles. The number of thiazole rings is 1. The van der Waals surface area contributed by atoms with Gasteiger partial charge in [0.05, 0.1) is 13.7 Å². The molecule has 0 saturated carbocycles. The summed E-state index contributed by atoms with van der Waals surface area (Å²) in [6.07, 6.45) is 1.65. The smallest absolute Gasteiger partial charge is 0.267 e. The van der Waals surface area contributed by atoms with Crippen LogP contribution >= 0.6 is 11.3 Å². The summed E-state index contributed by atoms with van der Waals surface area (Å²) in [4.78, 5) is 16.4. The maximum atomic E-state index is 11.6. The lowest BCUT2D eigenvalue weighted by Crippen LogP contribution is -2.22. The Morgan fingerprint density at radius 1 is 1.59 bits per heavy atom. The van der Waals surface area contributed by atoms with Crippen LogP contribution in [0.1, 0.15) is 4.88 Å². The van der Waals surface area contributed by atoms with Gasteiger partial charge in [-0.05, 0) is 0 Å². The van der Waals surface area contributed by atoms with Gasteiger partial charge in [0.25, 0.3) is 5.56 Å². The van der Waals surface area contributed by atoms with E-state index in [-0.39, 0.29) is 5.56 Å². The second kappa shape index (κ2) is 4.93. The summed E-state index contributed by atoms with van der Waals surface area (Å²) in [7, 11) is 1.50. The molecule has 2 aromatic rings. The van der Waals surface area contributed by atoms with Gasteiger partial charge >= 0.3 is 0 Å². The van der Waals surface area contributed by atoms with E-state index < -0.39 is 0 Å². The molecule has 0 aliphatic rings. The van der Waals surface area contributed by atoms with Crippen molar-refractivity contribution in [1.82, 2.24) is 14.8 Å². The number of rotatable bonds is 4. The summed E-state index contributed by atoms with van der Waals surface area (Å²) < 4.78 is 6.27. The van der Waals surface area contributed by atoms with Crippen LogP contribution in [0.15, 0.2) is 23.1 Å². The highest BCUT2D eigenvalue weighted by Gasteiger charge is 2.05. The summed E-state index contributed by atoms with van der Waals surface area (Å²) in [5.74, 6) is 5.62. The SMILES string of the molecule is COc1ccc(=O)n(Cc2cnc(NN)s2)n1. The average Bonchev–Trinajstić information content (AvgIpc) is 2.80. The van der Waals surface area contributed by atoms with Crippen molar-refractivity contribution in [2.24, 2.45) is 5.84 Å². The van der Waals surface area contributed by atoms with Crippen molar-refractivity contribution in [3.63, 3.8) is 0 Å². The van der Waals surface area contributed by atoms with Crippen LogP contribution < -0.4 is 21.6 Å². The Morgan fingerprint density at radius 2 is 2.41 bits per heavy atom. The fraction of sp³-hybridized carbons (Fsp3) is 0.222. The molecular weight excluding hydrogens is 242 g/mol. The van der Waals surface area contributed by atoms with E-state index in [0.29, 0.717) is 17.6 Å². The van der Waals surface area contributed by atoms with Crippen molar-refractivity contribution in [2.75, 3.05) is 12.5 Å². The number of anilines is 1. The van der Waals surface area contributed by atoms with Crippen LogP contribution in [-0.2, 0) is 6.54 Å². The number of hydrogen-bond donors (Lipinski definition) is 2. The van der Waals surface area contributed by atoms with Gasteiger partial charge in [-0.3, -0.25) is 10.2 Å². The van der Waals surface area contributed by atoms with Gasteiger partial charge in [0.1, 0.15) is 0 Å². The Labute approximate surface area is 101 Å². The number of nitrogen functional groups attached to an aromatic ring is 1. The topological polar surface area (TPSA) is 95.1 Å². The number of hydrazine groups is 1. The van der Waals surface area contributed by atoms with Gasteiger partial charge in [0.2, 0.25) is 5.88 Å². The largest absolute Gasteiger partial charge is 0.480 e. The molecule has 0 fully saturated rings. The van der Waals surface area contributed by atoms with Gasteiger partial charge in [-0.1, -0.05) is 11.3 Å². The third-order valence-electron chi connectivity index (χ3n) is 2.03. The summed E-state index contributed by atoms with van der Waals surface area (Å²) >= 11 is 1.36. The summed E-state index contributed by atoms with van der Waals surface area (Å²) in [6, 6.07) is 2.94. The van der Waals surface area contributed by atoms with Crippen LogP contribution in [0.5, 0.6) is 5.88 Å². The van der Waals surface area contributed by atoms with Crippen molar-refractivity contribution in [1.29, 1.82) is 0 Å². The number of nitrogens with two attached hydrogens (primary N) is 1. The molecule has 0 aliphatic heterocycles. The van der Waals surface area contributed by atoms with Crippen molar-refractivity contribution in [3.05, 3.63) is 33.6 Å². The van der Waals surface area contributed by atoms with Crippen molar-refractivity contribution in [3.8, 4) is 5.88 Å². The lowest BCUT2D eigenvalue weighted by atomic mass is 10.5. The number of hydrogen-bond acceptors (Lipinski definition) is 7. The standard InChI is InChI=1S/C9H11N5O2S/c1-16-7-2-3-8(15)14(13-7)5-6-4-11-9(12-10)17-6/h2-4H,5,10H2,1H3,(H,11,12). The van der Waals surface area contributed by atoms with Crippen LogP contribution in [0.2, 0.25) is 0 Å². The number of nitrogens with zero attached hydrogens (tertiary/aromatic N) is 3. The molecular formula is C9H11N5O2S. The maximum absolute atomic E-state index is 11.6. The van der Waals surface area contributed by atoms with Gasteiger partial charge in [-0.2, -0.15) is 0 Å². The molecule has 0 bridgehead atoms. The molecule has 0 atom stereocenters. The van der Waals surface area contributed by atoms with Gasteiger partial charge in [-0.25, -0.2) is 15.5 Å². The van der Waals surface area contributed by atoms with E-state index in [1.165, 1.54) is 35.3 Å². The number of aromatic nitrogens is 3. The number of nitrogens with one attached hydrogen (secondary N) is 1. The molecule has 8 heteroatoms. The Balaban J connectivity index is 2.25. The normalized spacial score (nSPS) is 10.2. The highest BCUT2D eigenvalue weighted by molar-refractivity contribution is 7.15. The quantitative estimate of drug-likeness (QED) is 0.590. The molecule has 0 aliphatic carbocycles. The molecule has 0 spiro atoms. The predicted molar refractivity (Wildman–Crippen MR) is 64.1 cm³/mol. The highest BCUT2D eigenvalue weighted by atomic mass is 32.1. The van der Waals surface area contributed by atoms with E-state index in [1.807, 2.05) is 0 Å². The van der Waals surface area contributed by atoms with Crippen LogP contribution in [0.3, 0.4) is 0 Å². The van der Waals surface area contributed by atoms with Gasteiger partial charge in [0, 0.05) is 23.2 Å². The average molecular weight is 253 g/mol. The summed E-state index contributed by atoms with van der Waals surface area (Å²) in [5.41, 5.74) is 2.25. The van der Waals surface area contributed by atoms with E-state index in [0.717, 1.165) is 4.88 Å². The zero-order chi connectivity index (χ0) is 12.3. The molecule has 90 valence electrons. The monoisotopic (exact) mass is 253 g/mol. The lowest BCUT2D eigenvalue weighted by molar-refractivity contribution is 0.379. The first-order valence-electron chi connectivity index (χ1n) is 4.76. The van der Waals surface area contributed by atoms with Crippen LogP contribution in [0.25, 0.3) is 0 Å². The number of ether oxygens (including phenoxy) is 1. The van der Waals surface area contributed by atoms with E-state index in [1.54, 1.807) is 6.20 Å².